The van der Waals surface area contributed by atoms with Crippen molar-refractivity contribution in [2.45, 2.75) is 6.92 Å². The van der Waals surface area contributed by atoms with Gasteiger partial charge in [-0.2, -0.15) is 0 Å². The maximum atomic E-state index is 10.8. The molecule has 0 saturated carbocycles. The molecule has 0 aliphatic carbocycles. The van der Waals surface area contributed by atoms with Gasteiger partial charge in [0.05, 0.1) is 16.4 Å². The van der Waals surface area contributed by atoms with Gasteiger partial charge in [0.1, 0.15) is 0 Å². The Morgan fingerprint density at radius 1 is 1.20 bits per heavy atom. The molecule has 0 radical (unpaired) electrons. The van der Waals surface area contributed by atoms with Crippen molar-refractivity contribution in [3.63, 3.8) is 0 Å². The van der Waals surface area contributed by atoms with Crippen LogP contribution in [0.1, 0.15) is 16.1 Å². The molecule has 1 aromatic carbocycles. The maximum absolute atomic E-state index is 10.8. The summed E-state index contributed by atoms with van der Waals surface area (Å²) in [5.41, 5.74) is 2.53. The molecule has 8 heteroatoms. The molecule has 0 atom stereocenters. The van der Waals surface area contributed by atoms with Crippen LogP contribution in [0.4, 0.5) is 0 Å². The van der Waals surface area contributed by atoms with Crippen LogP contribution in [-0.4, -0.2) is 10.9 Å². The number of carbonyl (C=O) groups is 1. The van der Waals surface area contributed by atoms with Gasteiger partial charge in [-0.15, -0.1) is 0 Å². The summed E-state index contributed by atoms with van der Waals surface area (Å²) in [7, 11) is 0. The van der Waals surface area contributed by atoms with E-state index in [9.17, 15) is 9.36 Å². The summed E-state index contributed by atoms with van der Waals surface area (Å²) >= 11 is 20.0. The predicted molar refractivity (Wildman–Crippen MR) is 86.1 cm³/mol. The van der Waals surface area contributed by atoms with Crippen molar-refractivity contribution >= 4 is 56.8 Å². The van der Waals surface area contributed by atoms with Crippen molar-refractivity contribution in [3.8, 4) is 5.69 Å². The number of aldehydes is 1. The second-order valence-corrected chi connectivity index (χ2v) is 10.8. The van der Waals surface area contributed by atoms with Gasteiger partial charge in [0.2, 0.25) is 0 Å². The first-order valence-electron chi connectivity index (χ1n) is 5.30. The van der Waals surface area contributed by atoms with Crippen molar-refractivity contribution in [2.24, 2.45) is 0 Å². The Balaban J connectivity index is 0.000000347. The molecule has 108 valence electrons. The number of aryl methyl sites for hydroxylation is 1. The first-order valence-corrected chi connectivity index (χ1v) is 10.1. The van der Waals surface area contributed by atoms with Crippen molar-refractivity contribution in [1.82, 2.24) is 4.57 Å². The van der Waals surface area contributed by atoms with Crippen molar-refractivity contribution in [3.05, 3.63) is 52.8 Å². The standard InChI is InChI=1S/C12H10ClNO.Cl3OP/c1-9-4-5-12(11(13)7-9)14-6-2-3-10(14)8-15;1-5(2,3)4/h2-8H,1H3;. The Morgan fingerprint density at radius 3 is 2.30 bits per heavy atom. The fraction of sp³-hybridized carbons (Fsp3) is 0.0833. The Kier molecular flexibility index (Phi) is 6.63. The van der Waals surface area contributed by atoms with Gasteiger partial charge in [0.15, 0.2) is 6.29 Å². The van der Waals surface area contributed by atoms with E-state index in [-0.39, 0.29) is 0 Å². The van der Waals surface area contributed by atoms with E-state index < -0.39 is 5.20 Å². The summed E-state index contributed by atoms with van der Waals surface area (Å²) in [5, 5.41) is -2.57. The highest BCUT2D eigenvalue weighted by Crippen LogP contribution is 2.61. The number of hydrogen-bond acceptors (Lipinski definition) is 2. The predicted octanol–water partition coefficient (Wildman–Crippen LogP) is 6.06. The lowest BCUT2D eigenvalue weighted by Gasteiger charge is -2.08. The van der Waals surface area contributed by atoms with E-state index in [4.69, 9.17) is 11.6 Å². The second-order valence-electron chi connectivity index (χ2n) is 3.77. The Morgan fingerprint density at radius 2 is 1.80 bits per heavy atom. The van der Waals surface area contributed by atoms with E-state index in [2.05, 4.69) is 33.7 Å². The van der Waals surface area contributed by atoms with Crippen molar-refractivity contribution < 1.29 is 9.36 Å². The number of nitrogens with zero attached hydrogens (tertiary/aromatic N) is 1. The average Bonchev–Trinajstić information content (AvgIpc) is 2.74. The molecule has 0 bridgehead atoms. The van der Waals surface area contributed by atoms with Crippen LogP contribution in [-0.2, 0) is 4.57 Å². The van der Waals surface area contributed by atoms with E-state index in [1.54, 1.807) is 10.6 Å². The first kappa shape index (κ1) is 17.6. The van der Waals surface area contributed by atoms with Gasteiger partial charge in [0.25, 0.3) is 0 Å². The Labute approximate surface area is 136 Å². The highest BCUT2D eigenvalue weighted by Gasteiger charge is 2.06. The van der Waals surface area contributed by atoms with E-state index in [0.717, 1.165) is 17.5 Å². The molecule has 0 fully saturated rings. The molecule has 0 spiro atoms. The summed E-state index contributed by atoms with van der Waals surface area (Å²) in [6.45, 7) is 1.98. The van der Waals surface area contributed by atoms with E-state index in [0.29, 0.717) is 10.7 Å². The molecule has 0 saturated heterocycles. The van der Waals surface area contributed by atoms with Crippen LogP contribution >= 0.6 is 50.5 Å². The quantitative estimate of drug-likeness (QED) is 0.474. The topological polar surface area (TPSA) is 39.1 Å². The molecule has 20 heavy (non-hydrogen) atoms. The highest BCUT2D eigenvalue weighted by molar-refractivity contribution is 8.24. The monoisotopic (exact) mass is 371 g/mol. The van der Waals surface area contributed by atoms with Crippen LogP contribution < -0.4 is 0 Å². The number of benzene rings is 1. The molecule has 0 N–H and O–H groups in total. The molecule has 0 unspecified atom stereocenters. The molecule has 2 aromatic rings. The number of carbonyl (C=O) groups excluding carboxylic acids is 1. The molecule has 0 aliphatic rings. The molecule has 2 rings (SSSR count). The van der Waals surface area contributed by atoms with E-state index >= 15 is 0 Å². The third-order valence-electron chi connectivity index (χ3n) is 2.26. The third-order valence-corrected chi connectivity index (χ3v) is 2.57. The summed E-state index contributed by atoms with van der Waals surface area (Å²) in [5.74, 6) is 0. The van der Waals surface area contributed by atoms with Gasteiger partial charge in [-0.05, 0) is 70.5 Å². The lowest BCUT2D eigenvalue weighted by atomic mass is 10.2. The van der Waals surface area contributed by atoms with E-state index in [1.807, 2.05) is 37.4 Å². The van der Waals surface area contributed by atoms with Crippen LogP contribution in [0.5, 0.6) is 0 Å². The summed E-state index contributed by atoms with van der Waals surface area (Å²) in [4.78, 5) is 10.8. The zero-order valence-corrected chi connectivity index (χ0v) is 14.2. The molecule has 3 nitrogen and oxygen atoms in total. The fourth-order valence-electron chi connectivity index (χ4n) is 1.52. The van der Waals surface area contributed by atoms with Gasteiger partial charge in [-0.1, -0.05) is 17.7 Å². The van der Waals surface area contributed by atoms with Gasteiger partial charge >= 0.3 is 5.20 Å². The van der Waals surface area contributed by atoms with Crippen molar-refractivity contribution in [1.29, 1.82) is 0 Å². The molecular formula is C12H10Cl4NO2P. The fourth-order valence-corrected chi connectivity index (χ4v) is 1.84. The lowest BCUT2D eigenvalue weighted by molar-refractivity contribution is 0.111. The van der Waals surface area contributed by atoms with E-state index in [1.165, 1.54) is 0 Å². The highest BCUT2D eigenvalue weighted by atomic mass is 36.0. The normalized spacial score (nSPS) is 10.7. The van der Waals surface area contributed by atoms with Crippen LogP contribution in [0, 0.1) is 6.92 Å². The Hall–Kier alpha value is -0.440. The van der Waals surface area contributed by atoms with Crippen LogP contribution in [0.15, 0.2) is 36.5 Å². The number of aromatic nitrogens is 1. The summed E-state index contributed by atoms with van der Waals surface area (Å²) < 4.78 is 11.3. The van der Waals surface area contributed by atoms with Gasteiger partial charge in [0, 0.05) is 6.20 Å². The molecule has 0 aliphatic heterocycles. The molecule has 1 heterocycles. The van der Waals surface area contributed by atoms with Crippen LogP contribution in [0.25, 0.3) is 5.69 Å². The van der Waals surface area contributed by atoms with Crippen LogP contribution in [0.2, 0.25) is 5.02 Å². The minimum Gasteiger partial charge on any atom is -0.313 e. The zero-order valence-electron chi connectivity index (χ0n) is 10.3. The SMILES string of the molecule is Cc1ccc(-n2cccc2C=O)c(Cl)c1.O=P(Cl)(Cl)Cl. The number of hydrogen-bond donors (Lipinski definition) is 0. The van der Waals surface area contributed by atoms with Crippen molar-refractivity contribution in [2.75, 3.05) is 0 Å². The smallest absolute Gasteiger partial charge is 0.313 e. The number of rotatable bonds is 2. The third kappa shape index (κ3) is 5.90. The van der Waals surface area contributed by atoms with Gasteiger partial charge in [-0.25, -0.2) is 0 Å². The molecular weight excluding hydrogens is 363 g/mol. The maximum Gasteiger partial charge on any atom is 0.339 e. The first-order chi connectivity index (χ1) is 9.22. The molecule has 1 aromatic heterocycles. The largest absolute Gasteiger partial charge is 0.339 e. The zero-order chi connectivity index (χ0) is 15.3. The summed E-state index contributed by atoms with van der Waals surface area (Å²) in [6.07, 6.45) is 2.64. The second kappa shape index (κ2) is 7.53. The van der Waals surface area contributed by atoms with Crippen LogP contribution in [0.3, 0.4) is 0 Å². The van der Waals surface area contributed by atoms with Gasteiger partial charge in [-0.3, -0.25) is 9.36 Å². The minimum atomic E-state index is -3.22. The van der Waals surface area contributed by atoms with Gasteiger partial charge < -0.3 is 4.57 Å². The molecule has 0 amide bonds. The average molecular weight is 373 g/mol. The Bertz CT molecular complexity index is 642. The summed E-state index contributed by atoms with van der Waals surface area (Å²) in [6, 6.07) is 9.33. The lowest BCUT2D eigenvalue weighted by Crippen LogP contribution is -1.98. The number of halogens is 4. The minimum absolute atomic E-state index is 0.598.